The summed E-state index contributed by atoms with van der Waals surface area (Å²) in [6, 6.07) is 18.7. The lowest BCUT2D eigenvalue weighted by Crippen LogP contribution is -2.38. The van der Waals surface area contributed by atoms with Gasteiger partial charge in [0, 0.05) is 37.6 Å². The molecule has 11 nitrogen and oxygen atoms in total. The Labute approximate surface area is 240 Å². The Hall–Kier alpha value is -4.26. The van der Waals surface area contributed by atoms with Gasteiger partial charge in [-0.05, 0) is 72.4 Å². The van der Waals surface area contributed by atoms with Gasteiger partial charge in [0.1, 0.15) is 17.3 Å². The molecule has 4 aromatic rings. The summed E-state index contributed by atoms with van der Waals surface area (Å²) in [5.41, 5.74) is 4.00. The Morgan fingerprint density at radius 1 is 0.854 bits per heavy atom. The smallest absolute Gasteiger partial charge is 0.274 e. The van der Waals surface area contributed by atoms with E-state index in [-0.39, 0.29) is 6.04 Å². The number of nitrogens with two attached hydrogens (primary N) is 1. The highest BCUT2D eigenvalue weighted by Crippen LogP contribution is 2.25. The van der Waals surface area contributed by atoms with Gasteiger partial charge >= 0.3 is 0 Å². The zero-order valence-corrected chi connectivity index (χ0v) is 24.1. The Kier molecular flexibility index (Phi) is 10.1. The second kappa shape index (κ2) is 13.9. The fourth-order valence-electron chi connectivity index (χ4n) is 4.04. The van der Waals surface area contributed by atoms with Gasteiger partial charge in [-0.25, -0.2) is 15.1 Å². The SMILES string of the molecule is CCc1cnc(NCc2cc(NCc3ccc(OC)cc3)nc(Oc3ccc(CC(C)NS(N)(=O)=O)cc3)c2)nc1. The van der Waals surface area contributed by atoms with Crippen molar-refractivity contribution in [1.29, 1.82) is 0 Å². The zero-order valence-electron chi connectivity index (χ0n) is 23.3. The van der Waals surface area contributed by atoms with Crippen molar-refractivity contribution in [3.63, 3.8) is 0 Å². The molecule has 2 heterocycles. The van der Waals surface area contributed by atoms with Crippen molar-refractivity contribution in [2.75, 3.05) is 17.7 Å². The second-order valence-electron chi connectivity index (χ2n) is 9.54. The summed E-state index contributed by atoms with van der Waals surface area (Å²) >= 11 is 0. The third-order valence-electron chi connectivity index (χ3n) is 6.11. The van der Waals surface area contributed by atoms with Gasteiger partial charge < -0.3 is 20.1 Å². The lowest BCUT2D eigenvalue weighted by Gasteiger charge is -2.14. The molecule has 216 valence electrons. The number of anilines is 2. The van der Waals surface area contributed by atoms with Crippen LogP contribution in [0.1, 0.15) is 36.1 Å². The average Bonchev–Trinajstić information content (AvgIpc) is 2.95. The molecule has 0 aliphatic heterocycles. The fourth-order valence-corrected chi connectivity index (χ4v) is 4.68. The molecule has 2 aromatic heterocycles. The Bertz CT molecular complexity index is 1450. The van der Waals surface area contributed by atoms with Crippen LogP contribution in [0.4, 0.5) is 11.8 Å². The molecule has 12 heteroatoms. The van der Waals surface area contributed by atoms with Gasteiger partial charge in [-0.15, -0.1) is 0 Å². The van der Waals surface area contributed by atoms with Crippen LogP contribution in [0.3, 0.4) is 0 Å². The van der Waals surface area contributed by atoms with Gasteiger partial charge in [-0.1, -0.05) is 31.2 Å². The van der Waals surface area contributed by atoms with Crippen molar-refractivity contribution in [3.8, 4) is 17.4 Å². The molecule has 5 N–H and O–H groups in total. The summed E-state index contributed by atoms with van der Waals surface area (Å²) in [6.07, 6.45) is 4.99. The molecule has 1 atom stereocenters. The van der Waals surface area contributed by atoms with Crippen molar-refractivity contribution in [1.82, 2.24) is 19.7 Å². The molecule has 0 saturated carbocycles. The summed E-state index contributed by atoms with van der Waals surface area (Å²) < 4.78 is 36.3. The van der Waals surface area contributed by atoms with Crippen LogP contribution in [-0.4, -0.2) is 36.5 Å². The van der Waals surface area contributed by atoms with Crippen molar-refractivity contribution < 1.29 is 17.9 Å². The topological polar surface area (TPSA) is 153 Å². The van der Waals surface area contributed by atoms with Gasteiger partial charge in [0.15, 0.2) is 0 Å². The van der Waals surface area contributed by atoms with Crippen LogP contribution < -0.4 is 30.0 Å². The van der Waals surface area contributed by atoms with Crippen LogP contribution in [0.25, 0.3) is 0 Å². The molecule has 41 heavy (non-hydrogen) atoms. The normalized spacial score (nSPS) is 12.0. The van der Waals surface area contributed by atoms with Crippen molar-refractivity contribution >= 4 is 22.0 Å². The van der Waals surface area contributed by atoms with Gasteiger partial charge in [0.25, 0.3) is 10.2 Å². The van der Waals surface area contributed by atoms with Gasteiger partial charge in [0.05, 0.1) is 7.11 Å². The second-order valence-corrected chi connectivity index (χ2v) is 10.9. The molecule has 0 radical (unpaired) electrons. The first-order chi connectivity index (χ1) is 19.7. The first kappa shape index (κ1) is 29.7. The van der Waals surface area contributed by atoms with Crippen molar-refractivity contribution in [2.24, 2.45) is 5.14 Å². The first-order valence-corrected chi connectivity index (χ1v) is 14.7. The number of pyridine rings is 1. The largest absolute Gasteiger partial charge is 0.497 e. The minimum atomic E-state index is -3.76. The minimum Gasteiger partial charge on any atom is -0.497 e. The minimum absolute atomic E-state index is 0.343. The average molecular weight is 578 g/mol. The van der Waals surface area contributed by atoms with Crippen molar-refractivity contribution in [3.05, 3.63) is 95.3 Å². The molecule has 2 aromatic carbocycles. The van der Waals surface area contributed by atoms with Crippen LogP contribution >= 0.6 is 0 Å². The number of aryl methyl sites for hydroxylation is 1. The number of methoxy groups -OCH3 is 1. The van der Waals surface area contributed by atoms with Crippen LogP contribution in [0.15, 0.2) is 73.1 Å². The molecule has 0 bridgehead atoms. The molecule has 0 fully saturated rings. The zero-order chi connectivity index (χ0) is 29.2. The van der Waals surface area contributed by atoms with E-state index in [0.29, 0.717) is 42.9 Å². The van der Waals surface area contributed by atoms with Gasteiger partial charge in [-0.3, -0.25) is 0 Å². The van der Waals surface area contributed by atoms with Gasteiger partial charge in [-0.2, -0.15) is 18.1 Å². The highest BCUT2D eigenvalue weighted by molar-refractivity contribution is 7.87. The molecule has 1 unspecified atom stereocenters. The molecular weight excluding hydrogens is 542 g/mol. The third kappa shape index (κ3) is 9.71. The molecule has 4 rings (SSSR count). The van der Waals surface area contributed by atoms with E-state index in [0.717, 1.165) is 34.4 Å². The summed E-state index contributed by atoms with van der Waals surface area (Å²) in [4.78, 5) is 13.4. The number of aromatic nitrogens is 3. The van der Waals surface area contributed by atoms with Crippen molar-refractivity contribution in [2.45, 2.75) is 45.8 Å². The summed E-state index contributed by atoms with van der Waals surface area (Å²) in [5.74, 6) is 3.00. The Morgan fingerprint density at radius 2 is 1.49 bits per heavy atom. The molecule has 0 aliphatic carbocycles. The Balaban J connectivity index is 1.48. The van der Waals surface area contributed by atoms with E-state index < -0.39 is 10.2 Å². The van der Waals surface area contributed by atoms with Crippen LogP contribution in [0.5, 0.6) is 17.4 Å². The molecule has 0 aliphatic rings. The monoisotopic (exact) mass is 577 g/mol. The highest BCUT2D eigenvalue weighted by atomic mass is 32.2. The van der Waals surface area contributed by atoms with Crippen LogP contribution in [0, 0.1) is 0 Å². The van der Waals surface area contributed by atoms with E-state index in [2.05, 4.69) is 37.2 Å². The maximum absolute atomic E-state index is 11.3. The summed E-state index contributed by atoms with van der Waals surface area (Å²) in [6.45, 7) is 4.84. The van der Waals surface area contributed by atoms with Crippen LogP contribution in [-0.2, 0) is 36.1 Å². The number of hydrogen-bond donors (Lipinski definition) is 4. The van der Waals surface area contributed by atoms with E-state index in [1.54, 1.807) is 14.0 Å². The maximum Gasteiger partial charge on any atom is 0.274 e. The summed E-state index contributed by atoms with van der Waals surface area (Å²) in [7, 11) is -2.12. The number of benzene rings is 2. The van der Waals surface area contributed by atoms with E-state index >= 15 is 0 Å². The van der Waals surface area contributed by atoms with E-state index in [4.69, 9.17) is 14.6 Å². The van der Waals surface area contributed by atoms with E-state index in [1.165, 1.54) is 0 Å². The standard InChI is InChI=1S/C29H35N7O4S/c1-4-21-16-32-29(33-17-21)34-19-24-14-27(31-18-23-7-9-25(39-3)10-8-23)35-28(15-24)40-26-11-5-22(6-12-26)13-20(2)36-41(30,37)38/h5-12,14-17,20,36H,4,13,18-19H2,1-3H3,(H,31,35)(H2,30,37,38)(H,32,33,34). The first-order valence-electron chi connectivity index (χ1n) is 13.2. The highest BCUT2D eigenvalue weighted by Gasteiger charge is 2.11. The maximum atomic E-state index is 11.3. The molecule has 0 spiro atoms. The predicted molar refractivity (Wildman–Crippen MR) is 159 cm³/mol. The summed E-state index contributed by atoms with van der Waals surface area (Å²) in [5, 5.41) is 11.7. The number of nitrogens with zero attached hydrogens (tertiary/aromatic N) is 3. The van der Waals surface area contributed by atoms with Crippen LogP contribution in [0.2, 0.25) is 0 Å². The number of ether oxygens (including phenoxy) is 2. The predicted octanol–water partition coefficient (Wildman–Crippen LogP) is 4.18. The molecular formula is C29H35N7O4S. The molecule has 0 saturated heterocycles. The number of hydrogen-bond acceptors (Lipinski definition) is 9. The number of nitrogens with one attached hydrogen (secondary N) is 3. The quantitative estimate of drug-likeness (QED) is 0.173. The lowest BCUT2D eigenvalue weighted by atomic mass is 10.1. The lowest BCUT2D eigenvalue weighted by molar-refractivity contribution is 0.414. The fraction of sp³-hybridized carbons (Fsp3) is 0.276. The Morgan fingerprint density at radius 3 is 2.12 bits per heavy atom. The van der Waals surface area contributed by atoms with Gasteiger partial charge in [0.2, 0.25) is 11.8 Å². The van der Waals surface area contributed by atoms with E-state index in [1.807, 2.05) is 73.1 Å². The molecule has 0 amide bonds. The van der Waals surface area contributed by atoms with E-state index in [9.17, 15) is 8.42 Å². The number of rotatable bonds is 14. The third-order valence-corrected chi connectivity index (χ3v) is 6.84.